The lowest BCUT2D eigenvalue weighted by molar-refractivity contribution is -0.282. The van der Waals surface area contributed by atoms with E-state index in [1.54, 1.807) is 20.8 Å². The molecule has 20 N–H and O–H groups in total. The van der Waals surface area contributed by atoms with Crippen LogP contribution >= 0.6 is 45.2 Å². The molecule has 0 aliphatic carbocycles. The van der Waals surface area contributed by atoms with E-state index in [1.807, 2.05) is 45.2 Å². The largest absolute Gasteiger partial charge is 0.459 e. The molecule has 0 saturated carbocycles. The molecule has 5 unspecified atom stereocenters. The summed E-state index contributed by atoms with van der Waals surface area (Å²) in [6.45, 7) is 4.18. The maximum Gasteiger partial charge on any atom is 0.340 e. The van der Waals surface area contributed by atoms with Gasteiger partial charge in [-0.1, -0.05) is 0 Å². The summed E-state index contributed by atoms with van der Waals surface area (Å²) in [5.41, 5.74) is 61.9. The highest BCUT2D eigenvalue weighted by Gasteiger charge is 2.55. The standard InChI is InChI=1S/C44H46I2N10O11/c1-15-4-18(7-23(47)31(15)45)40(58)64-36-30(14-62-39(57)21-10-26(50)34(55)27(51)11-21)63-44(67-43(61)22-12-28(52)35(56)29(53)13-22)38(66-42(60)20-6-17(3)33(54)25(49)9-20)37(36)65-41(59)19-5-16(2)32(46)24(48)8-19/h4-13,30,36-38,44H,14,47-56H2,1-3H3. The Kier molecular flexibility index (Phi) is 14.5. The fourth-order valence-corrected chi connectivity index (χ4v) is 7.53. The van der Waals surface area contributed by atoms with Gasteiger partial charge in [-0.2, -0.15) is 0 Å². The number of hydrogen-bond acceptors (Lipinski definition) is 21. The van der Waals surface area contributed by atoms with Gasteiger partial charge in [0.2, 0.25) is 12.4 Å². The molecular weight excluding hydrogens is 1100 g/mol. The van der Waals surface area contributed by atoms with Crippen LogP contribution in [0.5, 0.6) is 0 Å². The Morgan fingerprint density at radius 2 is 0.761 bits per heavy atom. The van der Waals surface area contributed by atoms with E-state index in [4.69, 9.17) is 85.8 Å². The number of carbonyl (C=O) groups excluding carboxylic acids is 5. The van der Waals surface area contributed by atoms with Crippen LogP contribution in [0.1, 0.15) is 68.5 Å². The molecule has 0 radical (unpaired) electrons. The molecule has 1 aliphatic heterocycles. The van der Waals surface area contributed by atoms with Crippen LogP contribution in [-0.4, -0.2) is 67.2 Å². The molecule has 1 saturated heterocycles. The zero-order valence-electron chi connectivity index (χ0n) is 35.9. The fourth-order valence-electron chi connectivity index (χ4n) is 6.91. The molecule has 67 heavy (non-hydrogen) atoms. The Balaban J connectivity index is 1.52. The van der Waals surface area contributed by atoms with Crippen LogP contribution in [0.2, 0.25) is 0 Å². The number of aryl methyl sites for hydroxylation is 3. The molecule has 1 heterocycles. The van der Waals surface area contributed by atoms with Crippen LogP contribution in [0.3, 0.4) is 0 Å². The highest BCUT2D eigenvalue weighted by Crippen LogP contribution is 2.35. The van der Waals surface area contributed by atoms with Gasteiger partial charge in [-0.3, -0.25) is 0 Å². The van der Waals surface area contributed by atoms with E-state index in [0.29, 0.717) is 23.8 Å². The Hall–Kier alpha value is -7.13. The number of benzene rings is 5. The summed E-state index contributed by atoms with van der Waals surface area (Å²) < 4.78 is 37.5. The van der Waals surface area contributed by atoms with Crippen LogP contribution in [0.4, 0.5) is 56.9 Å². The second-order valence-electron chi connectivity index (χ2n) is 15.5. The van der Waals surface area contributed by atoms with Crippen molar-refractivity contribution in [3.63, 3.8) is 0 Å². The van der Waals surface area contributed by atoms with Gasteiger partial charge in [0, 0.05) is 18.5 Å². The van der Waals surface area contributed by atoms with Gasteiger partial charge >= 0.3 is 29.8 Å². The lowest BCUT2D eigenvalue weighted by Gasteiger charge is -2.44. The third-order valence-corrected chi connectivity index (χ3v) is 13.5. The molecule has 352 valence electrons. The topological polar surface area (TPSA) is 401 Å². The molecule has 0 bridgehead atoms. The summed E-state index contributed by atoms with van der Waals surface area (Å²) in [6, 6.07) is 13.0. The Morgan fingerprint density at radius 1 is 0.433 bits per heavy atom. The molecule has 0 aromatic heterocycles. The summed E-state index contributed by atoms with van der Waals surface area (Å²) in [5.74, 6) is -5.41. The maximum absolute atomic E-state index is 14.4. The summed E-state index contributed by atoms with van der Waals surface area (Å²) in [4.78, 5) is 70.5. The molecule has 5 aromatic carbocycles. The zero-order valence-corrected chi connectivity index (χ0v) is 40.2. The van der Waals surface area contributed by atoms with E-state index >= 15 is 0 Å². The minimum absolute atomic E-state index is 0.0185. The number of carbonyl (C=O) groups is 5. The van der Waals surface area contributed by atoms with Gasteiger partial charge in [0.15, 0.2) is 12.2 Å². The summed E-state index contributed by atoms with van der Waals surface area (Å²) in [7, 11) is 0. The molecule has 1 fully saturated rings. The minimum Gasteiger partial charge on any atom is -0.459 e. The predicted molar refractivity (Wildman–Crippen MR) is 268 cm³/mol. The van der Waals surface area contributed by atoms with Crippen molar-refractivity contribution in [3.05, 3.63) is 112 Å². The van der Waals surface area contributed by atoms with Crippen LogP contribution < -0.4 is 57.3 Å². The second kappa shape index (κ2) is 19.8. The van der Waals surface area contributed by atoms with Crippen LogP contribution in [0.15, 0.2) is 60.7 Å². The first-order valence-electron chi connectivity index (χ1n) is 19.8. The van der Waals surface area contributed by atoms with Crippen molar-refractivity contribution in [1.29, 1.82) is 0 Å². The number of rotatable bonds is 11. The summed E-state index contributed by atoms with van der Waals surface area (Å²) >= 11 is 4.01. The molecule has 1 aliphatic rings. The molecule has 21 nitrogen and oxygen atoms in total. The van der Waals surface area contributed by atoms with Gasteiger partial charge < -0.3 is 85.8 Å². The number of nitrogens with two attached hydrogens (primary N) is 10. The van der Waals surface area contributed by atoms with Gasteiger partial charge in [-0.05, 0) is 143 Å². The minimum atomic E-state index is -2.07. The lowest BCUT2D eigenvalue weighted by Crippen LogP contribution is -2.63. The quantitative estimate of drug-likeness (QED) is 0.0386. The monoisotopic (exact) mass is 1140 g/mol. The molecular formula is C44H46I2N10O11. The Labute approximate surface area is 409 Å². The molecule has 0 amide bonds. The normalized spacial score (nSPS) is 17.8. The first-order chi connectivity index (χ1) is 31.4. The van der Waals surface area contributed by atoms with E-state index in [2.05, 4.69) is 0 Å². The average molecular weight is 1140 g/mol. The molecule has 5 atom stereocenters. The van der Waals surface area contributed by atoms with E-state index in [1.165, 1.54) is 60.7 Å². The van der Waals surface area contributed by atoms with E-state index < -0.39 is 67.2 Å². The fraction of sp³-hybridized carbons (Fsp3) is 0.205. The number of esters is 5. The maximum atomic E-state index is 14.4. The first-order valence-corrected chi connectivity index (χ1v) is 21.9. The van der Waals surface area contributed by atoms with Crippen LogP contribution in [0, 0.1) is 27.9 Å². The molecule has 6 rings (SSSR count). The number of hydrogen-bond donors (Lipinski definition) is 10. The number of anilines is 10. The SMILES string of the molecule is Cc1cc(C(=O)OC2C(OC(=O)c3cc(N)c(N)c(N)c3)OC(COC(=O)c3cc(N)c(N)c(N)c3)C(OC(=O)c3cc(C)c(I)c(N)c3)C2OC(=O)c2cc(C)c(I)c(N)c2)cc(N)c1N. The van der Waals surface area contributed by atoms with Gasteiger partial charge in [-0.25, -0.2) is 24.0 Å². The van der Waals surface area contributed by atoms with Crippen molar-refractivity contribution in [2.75, 3.05) is 63.9 Å². The van der Waals surface area contributed by atoms with Crippen LogP contribution in [-0.2, 0) is 28.4 Å². The molecule has 0 spiro atoms. The van der Waals surface area contributed by atoms with E-state index in [0.717, 1.165) is 0 Å². The van der Waals surface area contributed by atoms with Gasteiger partial charge in [0.1, 0.15) is 12.7 Å². The average Bonchev–Trinajstić information content (AvgIpc) is 3.27. The Morgan fingerprint density at radius 3 is 1.18 bits per heavy atom. The van der Waals surface area contributed by atoms with Crippen molar-refractivity contribution in [1.82, 2.24) is 0 Å². The van der Waals surface area contributed by atoms with Gasteiger partial charge in [0.05, 0.1) is 73.3 Å². The summed E-state index contributed by atoms with van der Waals surface area (Å²) in [6.07, 6.45) is -9.60. The van der Waals surface area contributed by atoms with Crippen molar-refractivity contribution in [3.8, 4) is 0 Å². The van der Waals surface area contributed by atoms with Crippen molar-refractivity contribution in [2.45, 2.75) is 51.5 Å². The smallest absolute Gasteiger partial charge is 0.340 e. The number of ether oxygens (including phenoxy) is 6. The van der Waals surface area contributed by atoms with E-state index in [-0.39, 0.29) is 84.7 Å². The highest BCUT2D eigenvalue weighted by molar-refractivity contribution is 14.1. The number of nitrogen functional groups attached to an aromatic ring is 10. The predicted octanol–water partition coefficient (Wildman–Crippen LogP) is 4.06. The lowest BCUT2D eigenvalue weighted by atomic mass is 9.97. The third-order valence-electron chi connectivity index (χ3n) is 10.6. The second-order valence-corrected chi connectivity index (χ2v) is 17.6. The zero-order chi connectivity index (χ0) is 49.3. The third kappa shape index (κ3) is 10.6. The Bertz CT molecular complexity index is 2750. The first kappa shape index (κ1) is 49.3. The van der Waals surface area contributed by atoms with Crippen molar-refractivity contribution in [2.24, 2.45) is 0 Å². The molecule has 23 heteroatoms. The van der Waals surface area contributed by atoms with Crippen LogP contribution in [0.25, 0.3) is 0 Å². The van der Waals surface area contributed by atoms with Crippen molar-refractivity contribution >= 4 is 132 Å². The number of halogens is 2. The van der Waals surface area contributed by atoms with Gasteiger partial charge in [-0.15, -0.1) is 0 Å². The summed E-state index contributed by atoms with van der Waals surface area (Å²) in [5, 5.41) is 0. The van der Waals surface area contributed by atoms with E-state index in [9.17, 15) is 24.0 Å². The van der Waals surface area contributed by atoms with Gasteiger partial charge in [0.25, 0.3) is 0 Å². The van der Waals surface area contributed by atoms with Crippen molar-refractivity contribution < 1.29 is 52.4 Å². The molecule has 5 aromatic rings. The highest BCUT2D eigenvalue weighted by atomic mass is 127.